The number of amides is 1. The molecule has 118 valence electrons. The second kappa shape index (κ2) is 6.08. The van der Waals surface area contributed by atoms with Gasteiger partial charge < -0.3 is 15.0 Å². The maximum absolute atomic E-state index is 13.5. The van der Waals surface area contributed by atoms with Crippen molar-refractivity contribution in [3.8, 4) is 0 Å². The van der Waals surface area contributed by atoms with Gasteiger partial charge in [-0.15, -0.1) is 0 Å². The van der Waals surface area contributed by atoms with Crippen LogP contribution in [0.2, 0.25) is 0 Å². The lowest BCUT2D eigenvalue weighted by Gasteiger charge is -2.30. The molecule has 0 spiro atoms. The molecular weight excluding hydrogens is 283 g/mol. The van der Waals surface area contributed by atoms with E-state index in [0.717, 1.165) is 31.2 Å². The average Bonchev–Trinajstić information content (AvgIpc) is 2.84. The van der Waals surface area contributed by atoms with Crippen molar-refractivity contribution >= 4 is 16.8 Å². The lowest BCUT2D eigenvalue weighted by atomic mass is 9.85. The molecule has 0 aliphatic heterocycles. The summed E-state index contributed by atoms with van der Waals surface area (Å²) >= 11 is 0. The van der Waals surface area contributed by atoms with Gasteiger partial charge in [0, 0.05) is 42.7 Å². The number of hydrogen-bond donors (Lipinski definition) is 2. The van der Waals surface area contributed by atoms with Crippen LogP contribution in [0.25, 0.3) is 10.9 Å². The normalized spacial score (nSPS) is 22.0. The van der Waals surface area contributed by atoms with Gasteiger partial charge >= 0.3 is 0 Å². The molecule has 1 fully saturated rings. The van der Waals surface area contributed by atoms with E-state index < -0.39 is 0 Å². The van der Waals surface area contributed by atoms with E-state index in [1.165, 1.54) is 12.1 Å². The molecule has 1 amide bonds. The van der Waals surface area contributed by atoms with Gasteiger partial charge in [-0.3, -0.25) is 4.79 Å². The number of aryl methyl sites for hydroxylation is 1. The number of carbonyl (C=O) groups excluding carboxylic acids is 1. The van der Waals surface area contributed by atoms with Gasteiger partial charge in [0.1, 0.15) is 5.82 Å². The third-order valence-corrected chi connectivity index (χ3v) is 4.66. The highest BCUT2D eigenvalue weighted by molar-refractivity contribution is 6.07. The summed E-state index contributed by atoms with van der Waals surface area (Å²) in [6.07, 6.45) is 5.71. The highest BCUT2D eigenvalue weighted by atomic mass is 19.1. The van der Waals surface area contributed by atoms with Crippen molar-refractivity contribution in [2.75, 3.05) is 6.61 Å². The van der Waals surface area contributed by atoms with Crippen LogP contribution in [-0.4, -0.2) is 28.2 Å². The highest BCUT2D eigenvalue weighted by Crippen LogP contribution is 2.26. The van der Waals surface area contributed by atoms with Crippen molar-refractivity contribution in [2.45, 2.75) is 31.7 Å². The fraction of sp³-hybridized carbons (Fsp3) is 0.471. The van der Waals surface area contributed by atoms with Gasteiger partial charge in [-0.25, -0.2) is 4.39 Å². The summed E-state index contributed by atoms with van der Waals surface area (Å²) in [5.41, 5.74) is 1.31. The van der Waals surface area contributed by atoms with E-state index in [-0.39, 0.29) is 30.3 Å². The van der Waals surface area contributed by atoms with Gasteiger partial charge in [-0.2, -0.15) is 0 Å². The van der Waals surface area contributed by atoms with E-state index in [1.807, 2.05) is 11.6 Å². The molecule has 1 aliphatic carbocycles. The molecule has 0 bridgehead atoms. The van der Waals surface area contributed by atoms with E-state index >= 15 is 0 Å². The number of hydrogen-bond acceptors (Lipinski definition) is 2. The van der Waals surface area contributed by atoms with Gasteiger partial charge in [0.05, 0.1) is 5.56 Å². The molecule has 22 heavy (non-hydrogen) atoms. The maximum atomic E-state index is 13.5. The SMILES string of the molecule is Cn1cc(C(=O)NC2CCCCC2CO)c2cc(F)ccc21. The van der Waals surface area contributed by atoms with Gasteiger partial charge in [-0.1, -0.05) is 12.8 Å². The van der Waals surface area contributed by atoms with Crippen LogP contribution in [0.1, 0.15) is 36.0 Å². The number of nitrogens with zero attached hydrogens (tertiary/aromatic N) is 1. The van der Waals surface area contributed by atoms with Gasteiger partial charge in [-0.05, 0) is 31.0 Å². The van der Waals surface area contributed by atoms with Crippen molar-refractivity contribution in [1.29, 1.82) is 0 Å². The molecule has 3 rings (SSSR count). The molecule has 1 saturated carbocycles. The average molecular weight is 304 g/mol. The monoisotopic (exact) mass is 304 g/mol. The molecule has 1 aromatic heterocycles. The fourth-order valence-corrected chi connectivity index (χ4v) is 3.41. The Morgan fingerprint density at radius 1 is 1.41 bits per heavy atom. The predicted octanol–water partition coefficient (Wildman–Crippen LogP) is 2.60. The minimum Gasteiger partial charge on any atom is -0.396 e. The van der Waals surface area contributed by atoms with Crippen molar-refractivity contribution in [1.82, 2.24) is 9.88 Å². The molecule has 0 saturated heterocycles. The summed E-state index contributed by atoms with van der Waals surface area (Å²) in [7, 11) is 1.84. The Morgan fingerprint density at radius 2 is 2.18 bits per heavy atom. The summed E-state index contributed by atoms with van der Waals surface area (Å²) in [6, 6.07) is 4.47. The minimum absolute atomic E-state index is 0.00457. The van der Waals surface area contributed by atoms with Gasteiger partial charge in [0.2, 0.25) is 0 Å². The molecule has 1 heterocycles. The molecule has 4 nitrogen and oxygen atoms in total. The number of nitrogens with one attached hydrogen (secondary N) is 1. The molecule has 0 radical (unpaired) electrons. The van der Waals surface area contributed by atoms with Crippen LogP contribution in [0.15, 0.2) is 24.4 Å². The molecule has 2 unspecified atom stereocenters. The number of fused-ring (bicyclic) bond motifs is 1. The summed E-state index contributed by atoms with van der Waals surface area (Å²) in [5.74, 6) is -0.426. The second-order valence-electron chi connectivity index (χ2n) is 6.12. The lowest BCUT2D eigenvalue weighted by Crippen LogP contribution is -2.43. The number of rotatable bonds is 3. The van der Waals surface area contributed by atoms with E-state index in [4.69, 9.17) is 0 Å². The topological polar surface area (TPSA) is 54.3 Å². The largest absolute Gasteiger partial charge is 0.396 e. The zero-order valence-corrected chi connectivity index (χ0v) is 12.7. The first-order valence-electron chi connectivity index (χ1n) is 7.76. The highest BCUT2D eigenvalue weighted by Gasteiger charge is 2.27. The van der Waals surface area contributed by atoms with E-state index in [9.17, 15) is 14.3 Å². The number of aliphatic hydroxyl groups excluding tert-OH is 1. The number of aliphatic hydroxyl groups is 1. The van der Waals surface area contributed by atoms with Crippen molar-refractivity contribution in [3.05, 3.63) is 35.8 Å². The van der Waals surface area contributed by atoms with Gasteiger partial charge in [0.25, 0.3) is 5.91 Å². The number of halogens is 1. The number of aromatic nitrogens is 1. The standard InChI is InChI=1S/C17H21FN2O2/c1-20-9-14(13-8-12(18)6-7-16(13)20)17(22)19-15-5-3-2-4-11(15)10-21/h6-9,11,15,21H,2-5,10H2,1H3,(H,19,22). The molecule has 5 heteroatoms. The third-order valence-electron chi connectivity index (χ3n) is 4.66. The third kappa shape index (κ3) is 2.73. The van der Waals surface area contributed by atoms with E-state index in [2.05, 4.69) is 5.32 Å². The van der Waals surface area contributed by atoms with Crippen LogP contribution in [0.4, 0.5) is 4.39 Å². The summed E-state index contributed by atoms with van der Waals surface area (Å²) in [6.45, 7) is 0.0924. The Labute approximate surface area is 128 Å². The van der Waals surface area contributed by atoms with E-state index in [1.54, 1.807) is 12.3 Å². The van der Waals surface area contributed by atoms with Crippen LogP contribution in [0, 0.1) is 11.7 Å². The van der Waals surface area contributed by atoms with Crippen LogP contribution in [0.5, 0.6) is 0 Å². The zero-order valence-electron chi connectivity index (χ0n) is 12.7. The zero-order chi connectivity index (χ0) is 15.7. The summed E-state index contributed by atoms with van der Waals surface area (Å²) in [4.78, 5) is 12.6. The Kier molecular flexibility index (Phi) is 4.16. The Bertz CT molecular complexity index is 695. The predicted molar refractivity (Wildman–Crippen MR) is 83.2 cm³/mol. The number of carbonyl (C=O) groups is 1. The first kappa shape index (κ1) is 15.0. The maximum Gasteiger partial charge on any atom is 0.253 e. The number of benzene rings is 1. The minimum atomic E-state index is -0.348. The summed E-state index contributed by atoms with van der Waals surface area (Å²) < 4.78 is 15.3. The Morgan fingerprint density at radius 3 is 2.95 bits per heavy atom. The van der Waals surface area contributed by atoms with Crippen molar-refractivity contribution < 1.29 is 14.3 Å². The molecular formula is C17H21FN2O2. The second-order valence-corrected chi connectivity index (χ2v) is 6.12. The Hall–Kier alpha value is -1.88. The van der Waals surface area contributed by atoms with Crippen molar-refractivity contribution in [2.24, 2.45) is 13.0 Å². The Balaban J connectivity index is 1.87. The fourth-order valence-electron chi connectivity index (χ4n) is 3.41. The quantitative estimate of drug-likeness (QED) is 0.916. The van der Waals surface area contributed by atoms with Gasteiger partial charge in [0.15, 0.2) is 0 Å². The molecule has 2 N–H and O–H groups in total. The lowest BCUT2D eigenvalue weighted by molar-refractivity contribution is 0.0874. The first-order valence-corrected chi connectivity index (χ1v) is 7.76. The summed E-state index contributed by atoms with van der Waals surface area (Å²) in [5, 5.41) is 13.1. The first-order chi connectivity index (χ1) is 10.6. The van der Waals surface area contributed by atoms with Crippen LogP contribution < -0.4 is 5.32 Å². The molecule has 1 aromatic carbocycles. The molecule has 2 atom stereocenters. The van der Waals surface area contributed by atoms with Crippen LogP contribution >= 0.6 is 0 Å². The van der Waals surface area contributed by atoms with Crippen LogP contribution in [-0.2, 0) is 7.05 Å². The van der Waals surface area contributed by atoms with Crippen LogP contribution in [0.3, 0.4) is 0 Å². The molecule has 2 aromatic rings. The smallest absolute Gasteiger partial charge is 0.253 e. The molecule has 1 aliphatic rings. The van der Waals surface area contributed by atoms with Crippen molar-refractivity contribution in [3.63, 3.8) is 0 Å². The van der Waals surface area contributed by atoms with E-state index in [0.29, 0.717) is 10.9 Å².